The molecule has 3 heterocycles. The first-order chi connectivity index (χ1) is 13.5. The van der Waals surface area contributed by atoms with E-state index in [1.807, 2.05) is 0 Å². The van der Waals surface area contributed by atoms with Gasteiger partial charge in [-0.1, -0.05) is 0 Å². The zero-order chi connectivity index (χ0) is 21.4. The summed E-state index contributed by atoms with van der Waals surface area (Å²) in [6, 6.07) is 0. The lowest BCUT2D eigenvalue weighted by molar-refractivity contribution is -0.310. The maximum Gasteiger partial charge on any atom is 0.429 e. The Balaban J connectivity index is 1.76. The second-order valence-corrected chi connectivity index (χ2v) is 7.69. The molecule has 12 heteroatoms. The number of hydrogen-bond donors (Lipinski definition) is 0. The van der Waals surface area contributed by atoms with Crippen LogP contribution in [-0.2, 0) is 9.47 Å². The van der Waals surface area contributed by atoms with Crippen molar-refractivity contribution in [2.75, 3.05) is 39.4 Å². The number of rotatable bonds is 6. The minimum absolute atomic E-state index is 0.0834. The fraction of sp³-hybridized carbons (Fsp3) is 1.00. The third-order valence-corrected chi connectivity index (χ3v) is 5.84. The third-order valence-electron chi connectivity index (χ3n) is 5.84. The maximum atomic E-state index is 15.2. The Morgan fingerprint density at radius 2 is 1.24 bits per heavy atom. The van der Waals surface area contributed by atoms with E-state index in [0.717, 1.165) is 4.90 Å². The predicted octanol–water partition coefficient (Wildman–Crippen LogP) is 3.46. The van der Waals surface area contributed by atoms with Gasteiger partial charge < -0.3 is 9.47 Å². The zero-order valence-corrected chi connectivity index (χ0v) is 15.6. The molecule has 5 unspecified atom stereocenters. The van der Waals surface area contributed by atoms with Crippen molar-refractivity contribution in [1.82, 2.24) is 9.80 Å². The van der Waals surface area contributed by atoms with Gasteiger partial charge in [0, 0.05) is 26.2 Å². The summed E-state index contributed by atoms with van der Waals surface area (Å²) in [7, 11) is 0. The molecule has 3 saturated heterocycles. The lowest BCUT2D eigenvalue weighted by Gasteiger charge is -2.41. The first-order valence-corrected chi connectivity index (χ1v) is 9.62. The van der Waals surface area contributed by atoms with Crippen LogP contribution in [0.4, 0.5) is 35.1 Å². The third kappa shape index (κ3) is 4.22. The van der Waals surface area contributed by atoms with Crippen LogP contribution < -0.4 is 0 Å². The van der Waals surface area contributed by atoms with Crippen LogP contribution in [0, 0.1) is 0 Å². The van der Waals surface area contributed by atoms with E-state index in [0.29, 0.717) is 17.7 Å². The molecule has 3 aliphatic rings. The molecule has 0 spiro atoms. The number of alkyl halides is 8. The van der Waals surface area contributed by atoms with Gasteiger partial charge in [0.15, 0.2) is 6.30 Å². The molecule has 29 heavy (non-hydrogen) atoms. The molecule has 0 aliphatic carbocycles. The van der Waals surface area contributed by atoms with Crippen molar-refractivity contribution in [3.8, 4) is 0 Å². The molecular formula is C17H24F8N2O2. The van der Waals surface area contributed by atoms with Crippen LogP contribution >= 0.6 is 0 Å². The molecule has 0 aromatic carbocycles. The largest absolute Gasteiger partial charge is 0.429 e. The average Bonchev–Trinajstić information content (AvgIpc) is 3.38. The van der Waals surface area contributed by atoms with Crippen LogP contribution in [0.3, 0.4) is 0 Å². The lowest BCUT2D eigenvalue weighted by Crippen LogP contribution is -2.64. The molecule has 3 aliphatic heterocycles. The number of morpholine rings is 1. The molecule has 3 fully saturated rings. The standard InChI is InChI=1S/C17H24F8N2O2/c18-13(27-7-9-28-10-8-27)15(20,17(23,24)25)11-3-4-12(29-11)16(21,22)14(19)26-5-1-2-6-26/h11-14H,1-10H2. The molecule has 5 atom stereocenters. The van der Waals surface area contributed by atoms with Gasteiger partial charge in [-0.15, -0.1) is 0 Å². The molecule has 0 aromatic heterocycles. The van der Waals surface area contributed by atoms with E-state index >= 15 is 4.39 Å². The second kappa shape index (κ2) is 8.43. The monoisotopic (exact) mass is 440 g/mol. The number of hydrogen-bond acceptors (Lipinski definition) is 4. The highest BCUT2D eigenvalue weighted by atomic mass is 19.4. The van der Waals surface area contributed by atoms with Crippen molar-refractivity contribution in [3.63, 3.8) is 0 Å². The van der Waals surface area contributed by atoms with Crippen LogP contribution in [0.15, 0.2) is 0 Å². The quantitative estimate of drug-likeness (QED) is 0.467. The first-order valence-electron chi connectivity index (χ1n) is 9.62. The Labute approximate surface area is 163 Å². The van der Waals surface area contributed by atoms with Gasteiger partial charge in [0.25, 0.3) is 5.67 Å². The Hall–Kier alpha value is -0.720. The van der Waals surface area contributed by atoms with Gasteiger partial charge in [-0.3, -0.25) is 9.80 Å². The summed E-state index contributed by atoms with van der Waals surface area (Å²) in [6.07, 6.45) is -16.8. The van der Waals surface area contributed by atoms with Crippen molar-refractivity contribution in [2.24, 2.45) is 0 Å². The van der Waals surface area contributed by atoms with Gasteiger partial charge in [0.2, 0.25) is 6.30 Å². The molecule has 0 radical (unpaired) electrons. The minimum Gasteiger partial charge on any atom is -0.379 e. The molecule has 0 bridgehead atoms. The molecule has 0 aromatic rings. The summed E-state index contributed by atoms with van der Waals surface area (Å²) in [6.45, 7) is -0.550. The fourth-order valence-corrected chi connectivity index (χ4v) is 4.14. The molecule has 3 rings (SSSR count). The van der Waals surface area contributed by atoms with Crippen LogP contribution in [0.25, 0.3) is 0 Å². The Morgan fingerprint density at radius 3 is 1.79 bits per heavy atom. The van der Waals surface area contributed by atoms with Crippen molar-refractivity contribution in [3.05, 3.63) is 0 Å². The number of ether oxygens (including phenoxy) is 2. The smallest absolute Gasteiger partial charge is 0.379 e. The van der Waals surface area contributed by atoms with Crippen molar-refractivity contribution in [1.29, 1.82) is 0 Å². The van der Waals surface area contributed by atoms with E-state index in [1.165, 1.54) is 0 Å². The fourth-order valence-electron chi connectivity index (χ4n) is 4.14. The predicted molar refractivity (Wildman–Crippen MR) is 85.7 cm³/mol. The SMILES string of the molecule is FC(N1CCCC1)C(F)(F)C1CCC(C(F)(C(F)N2CCOCC2)C(F)(F)F)O1. The van der Waals surface area contributed by atoms with E-state index in [1.54, 1.807) is 0 Å². The summed E-state index contributed by atoms with van der Waals surface area (Å²) >= 11 is 0. The van der Waals surface area contributed by atoms with E-state index in [2.05, 4.69) is 0 Å². The highest BCUT2D eigenvalue weighted by molar-refractivity contribution is 5.05. The van der Waals surface area contributed by atoms with E-state index < -0.39 is 55.4 Å². The molecule has 0 N–H and O–H groups in total. The number of halogens is 8. The first kappa shape index (κ1) is 23.0. The molecule has 170 valence electrons. The normalized spacial score (nSPS) is 32.3. The number of nitrogens with zero attached hydrogens (tertiary/aromatic N) is 2. The minimum atomic E-state index is -5.70. The van der Waals surface area contributed by atoms with Gasteiger partial charge in [-0.25, -0.2) is 13.2 Å². The van der Waals surface area contributed by atoms with Gasteiger partial charge >= 0.3 is 12.1 Å². The van der Waals surface area contributed by atoms with E-state index in [9.17, 15) is 30.7 Å². The van der Waals surface area contributed by atoms with E-state index in [4.69, 9.17) is 9.47 Å². The van der Waals surface area contributed by atoms with Crippen LogP contribution in [0.5, 0.6) is 0 Å². The van der Waals surface area contributed by atoms with Gasteiger partial charge in [-0.2, -0.15) is 22.0 Å². The summed E-state index contributed by atoms with van der Waals surface area (Å²) in [5.74, 6) is -4.14. The average molecular weight is 440 g/mol. The summed E-state index contributed by atoms with van der Waals surface area (Å²) in [4.78, 5) is 1.50. The van der Waals surface area contributed by atoms with Gasteiger partial charge in [0.05, 0.1) is 13.2 Å². The maximum absolute atomic E-state index is 15.2. The topological polar surface area (TPSA) is 24.9 Å². The Bertz CT molecular complexity index is 554. The van der Waals surface area contributed by atoms with Crippen LogP contribution in [-0.4, -0.2) is 91.8 Å². The van der Waals surface area contributed by atoms with Crippen molar-refractivity contribution < 1.29 is 44.6 Å². The van der Waals surface area contributed by atoms with Crippen LogP contribution in [0.2, 0.25) is 0 Å². The van der Waals surface area contributed by atoms with Gasteiger partial charge in [0.1, 0.15) is 12.2 Å². The summed E-state index contributed by atoms with van der Waals surface area (Å²) in [5.41, 5.74) is -4.52. The number of likely N-dealkylation sites (tertiary alicyclic amines) is 1. The molecule has 4 nitrogen and oxygen atoms in total. The van der Waals surface area contributed by atoms with Crippen molar-refractivity contribution >= 4 is 0 Å². The summed E-state index contributed by atoms with van der Waals surface area (Å²) in [5, 5.41) is 0. The van der Waals surface area contributed by atoms with Gasteiger partial charge in [-0.05, 0) is 25.7 Å². The summed E-state index contributed by atoms with van der Waals surface area (Å²) < 4.78 is 124. The highest BCUT2D eigenvalue weighted by Gasteiger charge is 2.70. The molecule has 0 amide bonds. The zero-order valence-electron chi connectivity index (χ0n) is 15.6. The second-order valence-electron chi connectivity index (χ2n) is 7.69. The Morgan fingerprint density at radius 1 is 0.724 bits per heavy atom. The van der Waals surface area contributed by atoms with Crippen molar-refractivity contribution in [2.45, 2.75) is 68.3 Å². The van der Waals surface area contributed by atoms with E-state index in [-0.39, 0.29) is 39.4 Å². The van der Waals surface area contributed by atoms with Crippen LogP contribution in [0.1, 0.15) is 25.7 Å². The highest BCUT2D eigenvalue weighted by Crippen LogP contribution is 2.49. The molecular weight excluding hydrogens is 416 g/mol. The lowest BCUT2D eigenvalue weighted by atomic mass is 9.92. The Kier molecular flexibility index (Phi) is 6.67. The molecule has 0 saturated carbocycles.